The predicted molar refractivity (Wildman–Crippen MR) is 114 cm³/mol. The second-order valence-electron chi connectivity index (χ2n) is 8.01. The van der Waals surface area contributed by atoms with E-state index in [-0.39, 0.29) is 18.1 Å². The quantitative estimate of drug-likeness (QED) is 0.430. The number of rotatable bonds is 6. The average molecular weight is 404 g/mol. The standard InChI is InChI=1S/C20H33N7O2/c1-13-10-17(22-9-5-8-21-14(2)28)25-19(24-13)27-20(29)26-18-11-15-6-3-4-7-16(15)12-23-18/h12,15,17,19,22,25H,3-11H2,1-2H3,(H,21,28)(H2,23,26,27,29). The molecular weight excluding hydrogens is 370 g/mol. The summed E-state index contributed by atoms with van der Waals surface area (Å²) in [5.41, 5.74) is 2.39. The summed E-state index contributed by atoms with van der Waals surface area (Å²) in [6, 6.07) is -0.295. The Kier molecular flexibility index (Phi) is 7.76. The lowest BCUT2D eigenvalue weighted by Crippen LogP contribution is -2.58. The first-order valence-corrected chi connectivity index (χ1v) is 10.6. The lowest BCUT2D eigenvalue weighted by Gasteiger charge is -2.30. The molecule has 1 saturated carbocycles. The van der Waals surface area contributed by atoms with Gasteiger partial charge >= 0.3 is 6.03 Å². The third-order valence-corrected chi connectivity index (χ3v) is 5.47. The molecule has 3 aliphatic rings. The van der Waals surface area contributed by atoms with Crippen LogP contribution < -0.4 is 26.6 Å². The van der Waals surface area contributed by atoms with Gasteiger partial charge in [0.05, 0.1) is 6.17 Å². The molecule has 3 amide bonds. The summed E-state index contributed by atoms with van der Waals surface area (Å²) in [6.07, 6.45) is 8.68. The van der Waals surface area contributed by atoms with Gasteiger partial charge < -0.3 is 16.0 Å². The van der Waals surface area contributed by atoms with E-state index in [0.29, 0.717) is 12.5 Å². The van der Waals surface area contributed by atoms with Gasteiger partial charge in [-0.15, -0.1) is 0 Å². The molecule has 3 atom stereocenters. The molecule has 9 nitrogen and oxygen atoms in total. The van der Waals surface area contributed by atoms with Gasteiger partial charge in [-0.2, -0.15) is 0 Å². The molecule has 9 heteroatoms. The van der Waals surface area contributed by atoms with E-state index >= 15 is 0 Å². The van der Waals surface area contributed by atoms with E-state index in [0.717, 1.165) is 43.8 Å². The van der Waals surface area contributed by atoms with Crippen molar-refractivity contribution in [3.8, 4) is 0 Å². The molecule has 0 bridgehead atoms. The number of aliphatic imine (C=N–C) groups is 2. The number of fused-ring (bicyclic) bond motifs is 1. The summed E-state index contributed by atoms with van der Waals surface area (Å²) in [5.74, 6) is 1.23. The average Bonchev–Trinajstić information content (AvgIpc) is 2.67. The van der Waals surface area contributed by atoms with E-state index in [9.17, 15) is 9.59 Å². The van der Waals surface area contributed by atoms with Crippen molar-refractivity contribution in [2.24, 2.45) is 15.9 Å². The van der Waals surface area contributed by atoms with E-state index in [1.165, 1.54) is 31.8 Å². The van der Waals surface area contributed by atoms with Gasteiger partial charge in [0.15, 0.2) is 6.29 Å². The fourth-order valence-electron chi connectivity index (χ4n) is 4.02. The molecule has 5 N–H and O–H groups in total. The van der Waals surface area contributed by atoms with Crippen LogP contribution in [-0.2, 0) is 4.79 Å². The highest BCUT2D eigenvalue weighted by atomic mass is 16.2. The zero-order valence-electron chi connectivity index (χ0n) is 17.4. The topological polar surface area (TPSA) is 119 Å². The molecular formula is C20H33N7O2. The van der Waals surface area contributed by atoms with Gasteiger partial charge in [-0.05, 0) is 50.6 Å². The molecule has 0 saturated heterocycles. The van der Waals surface area contributed by atoms with Crippen molar-refractivity contribution < 1.29 is 9.59 Å². The first-order valence-electron chi connectivity index (χ1n) is 10.6. The summed E-state index contributed by atoms with van der Waals surface area (Å²) in [7, 11) is 0. The van der Waals surface area contributed by atoms with Crippen LogP contribution in [0.1, 0.15) is 58.8 Å². The van der Waals surface area contributed by atoms with E-state index in [1.54, 1.807) is 0 Å². The number of nitrogens with zero attached hydrogens (tertiary/aromatic N) is 2. The van der Waals surface area contributed by atoms with Crippen molar-refractivity contribution in [2.45, 2.75) is 71.2 Å². The Morgan fingerprint density at radius 1 is 1.24 bits per heavy atom. The molecule has 0 aromatic heterocycles. The van der Waals surface area contributed by atoms with Gasteiger partial charge in [-0.1, -0.05) is 6.42 Å². The van der Waals surface area contributed by atoms with Gasteiger partial charge in [0.1, 0.15) is 5.84 Å². The smallest absolute Gasteiger partial charge is 0.322 e. The second kappa shape index (κ2) is 10.5. The molecule has 160 valence electrons. The first kappa shape index (κ1) is 21.4. The lowest BCUT2D eigenvalue weighted by molar-refractivity contribution is -0.118. The molecule has 0 aromatic rings. The first-order chi connectivity index (χ1) is 14.0. The third-order valence-electron chi connectivity index (χ3n) is 5.47. The van der Waals surface area contributed by atoms with Gasteiger partial charge in [-0.25, -0.2) is 9.79 Å². The Balaban J connectivity index is 1.42. The molecule has 2 heterocycles. The maximum Gasteiger partial charge on any atom is 0.322 e. The summed E-state index contributed by atoms with van der Waals surface area (Å²) in [5, 5.41) is 15.2. The number of hydrogen-bond donors (Lipinski definition) is 5. The van der Waals surface area contributed by atoms with Crippen LogP contribution in [0.5, 0.6) is 0 Å². The summed E-state index contributed by atoms with van der Waals surface area (Å²) < 4.78 is 0. The number of urea groups is 1. The number of carbonyl (C=O) groups excluding carboxylic acids is 2. The largest absolute Gasteiger partial charge is 0.356 e. The highest BCUT2D eigenvalue weighted by Gasteiger charge is 2.26. The van der Waals surface area contributed by atoms with Gasteiger partial charge in [0.2, 0.25) is 5.91 Å². The van der Waals surface area contributed by atoms with Gasteiger partial charge in [0.25, 0.3) is 0 Å². The fraction of sp³-hybridized carbons (Fsp3) is 0.700. The van der Waals surface area contributed by atoms with E-state index in [2.05, 4.69) is 36.6 Å². The van der Waals surface area contributed by atoms with Crippen molar-refractivity contribution in [1.82, 2.24) is 26.6 Å². The van der Waals surface area contributed by atoms with Crippen molar-refractivity contribution >= 4 is 23.5 Å². The van der Waals surface area contributed by atoms with Crippen LogP contribution in [0.3, 0.4) is 0 Å². The Morgan fingerprint density at radius 2 is 2.10 bits per heavy atom. The minimum atomic E-state index is -0.485. The van der Waals surface area contributed by atoms with Crippen molar-refractivity contribution in [2.75, 3.05) is 13.1 Å². The lowest BCUT2D eigenvalue weighted by atomic mass is 9.81. The molecule has 2 aliphatic heterocycles. The second-order valence-corrected chi connectivity index (χ2v) is 8.01. The predicted octanol–water partition coefficient (Wildman–Crippen LogP) is 1.34. The normalized spacial score (nSPS) is 26.4. The van der Waals surface area contributed by atoms with Crippen LogP contribution >= 0.6 is 0 Å². The van der Waals surface area contributed by atoms with Crippen molar-refractivity contribution in [1.29, 1.82) is 0 Å². The van der Waals surface area contributed by atoms with Crippen LogP contribution in [-0.4, -0.2) is 49.0 Å². The molecule has 1 fully saturated rings. The number of nitrogens with one attached hydrogen (secondary N) is 5. The molecule has 29 heavy (non-hydrogen) atoms. The maximum atomic E-state index is 12.4. The maximum absolute atomic E-state index is 12.4. The summed E-state index contributed by atoms with van der Waals surface area (Å²) in [4.78, 5) is 32.2. The molecule has 3 unspecified atom stereocenters. The minimum absolute atomic E-state index is 0.0168. The van der Waals surface area contributed by atoms with Crippen LogP contribution in [0.2, 0.25) is 0 Å². The molecule has 0 spiro atoms. The Labute approximate surface area is 172 Å². The highest BCUT2D eigenvalue weighted by Crippen LogP contribution is 2.33. The van der Waals surface area contributed by atoms with Crippen LogP contribution in [0, 0.1) is 5.92 Å². The number of amidine groups is 1. The van der Waals surface area contributed by atoms with E-state index in [1.807, 2.05) is 13.1 Å². The van der Waals surface area contributed by atoms with Gasteiger partial charge in [-0.3, -0.25) is 20.4 Å². The Hall–Kier alpha value is -2.26. The summed E-state index contributed by atoms with van der Waals surface area (Å²) in [6.45, 7) is 4.88. The number of amides is 3. The van der Waals surface area contributed by atoms with Crippen molar-refractivity contribution in [3.05, 3.63) is 11.8 Å². The monoisotopic (exact) mass is 403 g/mol. The number of allylic oxidation sites excluding steroid dienone is 1. The van der Waals surface area contributed by atoms with Crippen molar-refractivity contribution in [3.63, 3.8) is 0 Å². The molecule has 3 rings (SSSR count). The van der Waals surface area contributed by atoms with Crippen LogP contribution in [0.25, 0.3) is 0 Å². The number of hydrogen-bond acceptors (Lipinski definition) is 6. The minimum Gasteiger partial charge on any atom is -0.356 e. The number of carbonyl (C=O) groups is 2. The fourth-order valence-corrected chi connectivity index (χ4v) is 4.02. The van der Waals surface area contributed by atoms with Crippen LogP contribution in [0.4, 0.5) is 4.79 Å². The molecule has 0 radical (unpaired) electrons. The highest BCUT2D eigenvalue weighted by molar-refractivity contribution is 5.98. The SMILES string of the molecule is CC(=O)NCCCNC1CC(C)=NC(NC(=O)NC2=NC=C3CCCCC3C2)N1. The van der Waals surface area contributed by atoms with E-state index < -0.39 is 6.29 Å². The van der Waals surface area contributed by atoms with Gasteiger partial charge in [0, 0.05) is 38.2 Å². The Morgan fingerprint density at radius 3 is 2.93 bits per heavy atom. The Bertz CT molecular complexity index is 701. The zero-order valence-corrected chi connectivity index (χ0v) is 17.4. The molecule has 1 aliphatic carbocycles. The van der Waals surface area contributed by atoms with Crippen LogP contribution in [0.15, 0.2) is 21.8 Å². The summed E-state index contributed by atoms with van der Waals surface area (Å²) >= 11 is 0. The molecule has 0 aromatic carbocycles. The third kappa shape index (κ3) is 6.93. The van der Waals surface area contributed by atoms with E-state index in [4.69, 9.17) is 0 Å². The zero-order chi connectivity index (χ0) is 20.6.